The van der Waals surface area contributed by atoms with Crippen LogP contribution in [0.3, 0.4) is 0 Å². The van der Waals surface area contributed by atoms with Gasteiger partial charge in [0.2, 0.25) is 0 Å². The first-order valence-corrected chi connectivity index (χ1v) is 9.49. The van der Waals surface area contributed by atoms with Gasteiger partial charge in [-0.15, -0.1) is 0 Å². The Balaban J connectivity index is 2.24. The molecule has 2 N–H and O–H groups in total. The molecule has 0 spiro atoms. The number of hydrogen-bond acceptors (Lipinski definition) is 3. The lowest BCUT2D eigenvalue weighted by molar-refractivity contribution is 0.0919. The molecule has 25 heavy (non-hydrogen) atoms. The van der Waals surface area contributed by atoms with Crippen molar-refractivity contribution in [2.75, 3.05) is 4.72 Å². The molecular weight excluding hydrogens is 336 g/mol. The molecule has 0 unspecified atom stereocenters. The van der Waals surface area contributed by atoms with Crippen LogP contribution in [0.5, 0.6) is 0 Å². The van der Waals surface area contributed by atoms with Crippen LogP contribution in [0, 0.1) is 13.8 Å². The van der Waals surface area contributed by atoms with Gasteiger partial charge in [-0.05, 0) is 70.5 Å². The van der Waals surface area contributed by atoms with Crippen molar-refractivity contribution in [3.8, 4) is 0 Å². The number of amides is 1. The molecule has 0 fully saturated rings. The molecule has 0 atom stereocenters. The van der Waals surface area contributed by atoms with Gasteiger partial charge in [-0.1, -0.05) is 17.7 Å². The third-order valence-corrected chi connectivity index (χ3v) is 4.93. The second-order valence-corrected chi connectivity index (χ2v) is 8.83. The van der Waals surface area contributed by atoms with Crippen LogP contribution < -0.4 is 10.0 Å². The van der Waals surface area contributed by atoms with Crippen LogP contribution >= 0.6 is 0 Å². The van der Waals surface area contributed by atoms with Crippen LogP contribution in [0.15, 0.2) is 47.4 Å². The van der Waals surface area contributed by atoms with Crippen LogP contribution in [0.4, 0.5) is 5.69 Å². The van der Waals surface area contributed by atoms with Crippen molar-refractivity contribution < 1.29 is 13.2 Å². The van der Waals surface area contributed by atoms with Gasteiger partial charge in [-0.25, -0.2) is 8.42 Å². The minimum Gasteiger partial charge on any atom is -0.347 e. The second-order valence-electron chi connectivity index (χ2n) is 7.15. The molecule has 134 valence electrons. The molecule has 0 bridgehead atoms. The van der Waals surface area contributed by atoms with Crippen molar-refractivity contribution >= 4 is 21.6 Å². The molecule has 2 rings (SSSR count). The van der Waals surface area contributed by atoms with E-state index in [2.05, 4.69) is 10.0 Å². The number of aryl methyl sites for hydroxylation is 2. The molecule has 0 saturated carbocycles. The maximum absolute atomic E-state index is 12.5. The maximum atomic E-state index is 12.5. The predicted octanol–water partition coefficient (Wildman–Crippen LogP) is 3.63. The molecular formula is C19H24N2O3S. The third-order valence-electron chi connectivity index (χ3n) is 3.55. The van der Waals surface area contributed by atoms with Gasteiger partial charge >= 0.3 is 0 Å². The predicted molar refractivity (Wildman–Crippen MR) is 100 cm³/mol. The van der Waals surface area contributed by atoms with E-state index < -0.39 is 10.0 Å². The van der Waals surface area contributed by atoms with Crippen LogP contribution in [0.1, 0.15) is 42.3 Å². The largest absolute Gasteiger partial charge is 0.347 e. The lowest BCUT2D eigenvalue weighted by atomic mass is 10.1. The number of sulfonamides is 1. The summed E-state index contributed by atoms with van der Waals surface area (Å²) in [6, 6.07) is 11.5. The Morgan fingerprint density at radius 2 is 1.56 bits per heavy atom. The highest BCUT2D eigenvalue weighted by molar-refractivity contribution is 7.92. The summed E-state index contributed by atoms with van der Waals surface area (Å²) < 4.78 is 27.5. The Kier molecular flexibility index (Phi) is 5.23. The summed E-state index contributed by atoms with van der Waals surface area (Å²) in [5, 5.41) is 2.88. The van der Waals surface area contributed by atoms with Crippen molar-refractivity contribution in [3.63, 3.8) is 0 Å². The Hall–Kier alpha value is -2.34. The lowest BCUT2D eigenvalue weighted by Crippen LogP contribution is -2.40. The number of carbonyl (C=O) groups is 1. The minimum absolute atomic E-state index is 0.191. The van der Waals surface area contributed by atoms with Gasteiger partial charge in [0.1, 0.15) is 0 Å². The van der Waals surface area contributed by atoms with Gasteiger partial charge in [0.25, 0.3) is 15.9 Å². The monoisotopic (exact) mass is 360 g/mol. The van der Waals surface area contributed by atoms with E-state index in [1.807, 2.05) is 27.7 Å². The highest BCUT2D eigenvalue weighted by Gasteiger charge is 2.18. The zero-order valence-corrected chi connectivity index (χ0v) is 16.0. The van der Waals surface area contributed by atoms with Crippen LogP contribution in [-0.4, -0.2) is 19.9 Å². The van der Waals surface area contributed by atoms with E-state index in [-0.39, 0.29) is 16.3 Å². The highest BCUT2D eigenvalue weighted by Crippen LogP contribution is 2.21. The maximum Gasteiger partial charge on any atom is 0.261 e. The quantitative estimate of drug-likeness (QED) is 0.874. The molecule has 2 aromatic rings. The van der Waals surface area contributed by atoms with E-state index in [4.69, 9.17) is 0 Å². The number of rotatable bonds is 4. The normalized spacial score (nSPS) is 11.9. The fraction of sp³-hybridized carbons (Fsp3) is 0.316. The number of hydrogen-bond donors (Lipinski definition) is 2. The van der Waals surface area contributed by atoms with Crippen molar-refractivity contribution in [1.82, 2.24) is 5.32 Å². The van der Waals surface area contributed by atoms with Crippen LogP contribution in [0.2, 0.25) is 0 Å². The first kappa shape index (κ1) is 19.0. The summed E-state index contributed by atoms with van der Waals surface area (Å²) in [5.41, 5.74) is 2.27. The van der Waals surface area contributed by atoms with Crippen LogP contribution in [-0.2, 0) is 10.0 Å². The minimum atomic E-state index is -3.67. The van der Waals surface area contributed by atoms with E-state index in [0.29, 0.717) is 16.8 Å². The zero-order chi connectivity index (χ0) is 18.8. The third kappa shape index (κ3) is 5.06. The van der Waals surface area contributed by atoms with E-state index in [1.165, 1.54) is 0 Å². The summed E-state index contributed by atoms with van der Waals surface area (Å²) in [5.74, 6) is -0.191. The Morgan fingerprint density at radius 3 is 2.08 bits per heavy atom. The summed E-state index contributed by atoms with van der Waals surface area (Å²) in [4.78, 5) is 12.4. The first-order valence-electron chi connectivity index (χ1n) is 8.01. The van der Waals surface area contributed by atoms with E-state index in [9.17, 15) is 13.2 Å². The van der Waals surface area contributed by atoms with Gasteiger partial charge in [-0.2, -0.15) is 0 Å². The number of carbonyl (C=O) groups excluding carboxylic acids is 1. The van der Waals surface area contributed by atoms with E-state index in [0.717, 1.165) is 5.56 Å². The van der Waals surface area contributed by atoms with E-state index in [1.54, 1.807) is 49.4 Å². The molecule has 0 aromatic heterocycles. The molecule has 0 aliphatic carbocycles. The van der Waals surface area contributed by atoms with Gasteiger partial charge in [-0.3, -0.25) is 9.52 Å². The molecule has 0 heterocycles. The number of anilines is 1. The summed E-state index contributed by atoms with van der Waals surface area (Å²) >= 11 is 0. The molecule has 0 aliphatic heterocycles. The molecule has 5 nitrogen and oxygen atoms in total. The van der Waals surface area contributed by atoms with Gasteiger partial charge in [0.05, 0.1) is 10.6 Å². The van der Waals surface area contributed by atoms with Crippen LogP contribution in [0.25, 0.3) is 0 Å². The standard InChI is InChI=1S/C19H24N2O3S/c1-13-6-9-16(10-7-13)25(23,24)21-17-11-8-15(12-14(17)2)18(22)20-19(3,4)5/h6-12,21H,1-5H3,(H,20,22). The summed E-state index contributed by atoms with van der Waals surface area (Å²) in [7, 11) is -3.67. The lowest BCUT2D eigenvalue weighted by Gasteiger charge is -2.21. The topological polar surface area (TPSA) is 75.3 Å². The smallest absolute Gasteiger partial charge is 0.261 e. The summed E-state index contributed by atoms with van der Waals surface area (Å²) in [6.45, 7) is 9.38. The van der Waals surface area contributed by atoms with Gasteiger partial charge in [0.15, 0.2) is 0 Å². The molecule has 6 heteroatoms. The molecule has 0 radical (unpaired) electrons. The summed E-state index contributed by atoms with van der Waals surface area (Å²) in [6.07, 6.45) is 0. The van der Waals surface area contributed by atoms with Crippen molar-refractivity contribution in [1.29, 1.82) is 0 Å². The van der Waals surface area contributed by atoms with Crippen molar-refractivity contribution in [2.24, 2.45) is 0 Å². The number of benzene rings is 2. The fourth-order valence-corrected chi connectivity index (χ4v) is 3.38. The Bertz CT molecular complexity index is 880. The average Bonchev–Trinajstić information content (AvgIpc) is 2.48. The average molecular weight is 360 g/mol. The molecule has 1 amide bonds. The molecule has 0 aliphatic rings. The Labute approximate surface area is 149 Å². The SMILES string of the molecule is Cc1ccc(S(=O)(=O)Nc2ccc(C(=O)NC(C)(C)C)cc2C)cc1. The van der Waals surface area contributed by atoms with Gasteiger partial charge < -0.3 is 5.32 Å². The van der Waals surface area contributed by atoms with E-state index >= 15 is 0 Å². The van der Waals surface area contributed by atoms with Crippen molar-refractivity contribution in [2.45, 2.75) is 45.1 Å². The number of nitrogens with one attached hydrogen (secondary N) is 2. The van der Waals surface area contributed by atoms with Crippen molar-refractivity contribution in [3.05, 3.63) is 59.2 Å². The Morgan fingerprint density at radius 1 is 0.960 bits per heavy atom. The second kappa shape index (κ2) is 6.88. The first-order chi connectivity index (χ1) is 11.5. The van der Waals surface area contributed by atoms with Gasteiger partial charge in [0, 0.05) is 11.1 Å². The highest BCUT2D eigenvalue weighted by atomic mass is 32.2. The zero-order valence-electron chi connectivity index (χ0n) is 15.2. The molecule has 2 aromatic carbocycles. The fourth-order valence-electron chi connectivity index (χ4n) is 2.25. The molecule has 0 saturated heterocycles.